The third-order valence-electron chi connectivity index (χ3n) is 3.34. The minimum Gasteiger partial charge on any atom is -0.515 e. The van der Waals surface area contributed by atoms with Crippen molar-refractivity contribution in [2.45, 2.75) is 0 Å². The highest BCUT2D eigenvalue weighted by Crippen LogP contribution is 2.24. The van der Waals surface area contributed by atoms with E-state index in [1.54, 1.807) is 36.4 Å². The molecule has 0 heterocycles. The molecule has 102 valence electrons. The largest absolute Gasteiger partial charge is 0.515 e. The topological polar surface area (TPSA) is 163 Å². The van der Waals surface area contributed by atoms with Gasteiger partial charge in [-0.25, -0.2) is 0 Å². The molecule has 7 heteroatoms. The average molecular weight is 294 g/mol. The van der Waals surface area contributed by atoms with Crippen molar-refractivity contribution in [3.63, 3.8) is 0 Å². The summed E-state index contributed by atoms with van der Waals surface area (Å²) in [4.78, 5) is 0. The Balaban J connectivity index is 3.52. The summed E-state index contributed by atoms with van der Waals surface area (Å²) in [6, 6.07) is 10.4. The predicted molar refractivity (Wildman–Crippen MR) is 73.3 cm³/mol. The summed E-state index contributed by atoms with van der Waals surface area (Å²) in [5.74, 6) is 0. The Bertz CT molecular complexity index is 1080. The van der Waals surface area contributed by atoms with Gasteiger partial charge in [-0.15, -0.1) is 0 Å². The molecular weight excluding hydrogens is 292 g/mol. The van der Waals surface area contributed by atoms with Crippen molar-refractivity contribution in [2.75, 3.05) is 0 Å². The summed E-state index contributed by atoms with van der Waals surface area (Å²) in [7, 11) is 0. The molecule has 1 aromatic carbocycles. The highest BCUT2D eigenvalue weighted by atomic mass is 16.2. The van der Waals surface area contributed by atoms with Crippen molar-refractivity contribution in [3.8, 4) is 36.4 Å². The van der Waals surface area contributed by atoms with E-state index < -0.39 is 0 Å². The fraction of sp³-hybridized carbons (Fsp3) is 0. The fourth-order valence-electron chi connectivity index (χ4n) is 2.45. The van der Waals surface area contributed by atoms with Crippen LogP contribution in [0.2, 0.25) is 0 Å². The van der Waals surface area contributed by atoms with Crippen LogP contribution in [0, 0.1) is 68.0 Å². The minimum absolute atomic E-state index is 0.0843. The van der Waals surface area contributed by atoms with E-state index in [-0.39, 0.29) is 49.4 Å². The van der Waals surface area contributed by atoms with Crippen LogP contribution >= 0.6 is 0 Å². The van der Waals surface area contributed by atoms with Crippen molar-refractivity contribution in [1.29, 1.82) is 31.6 Å². The van der Waals surface area contributed by atoms with Crippen LogP contribution in [0.3, 0.4) is 0 Å². The number of aliphatic hydroxyl groups excluding tert-OH is 1. The summed E-state index contributed by atoms with van der Waals surface area (Å²) in [5.41, 5.74) is -1.79. The average Bonchev–Trinajstić information content (AvgIpc) is 2.91. The van der Waals surface area contributed by atoms with E-state index in [0.29, 0.717) is 6.26 Å². The van der Waals surface area contributed by atoms with E-state index in [0.717, 1.165) is 0 Å². The maximum atomic E-state index is 9.34. The van der Waals surface area contributed by atoms with E-state index in [1.165, 1.54) is 0 Å². The summed E-state index contributed by atoms with van der Waals surface area (Å²) in [6.45, 7) is 0. The number of nitriles is 6. The zero-order chi connectivity index (χ0) is 17.1. The van der Waals surface area contributed by atoms with E-state index in [1.807, 2.05) is 0 Å². The molecule has 0 amide bonds. The molecule has 1 aliphatic carbocycles. The maximum absolute atomic E-state index is 9.34. The lowest BCUT2D eigenvalue weighted by molar-refractivity contribution is 0.471. The molecule has 2 rings (SSSR count). The Labute approximate surface area is 129 Å². The predicted octanol–water partition coefficient (Wildman–Crippen LogP) is -0.0226. The second kappa shape index (κ2) is 5.44. The minimum atomic E-state index is -0.338. The van der Waals surface area contributed by atoms with E-state index >= 15 is 0 Å². The van der Waals surface area contributed by atoms with Crippen molar-refractivity contribution >= 4 is 11.1 Å². The van der Waals surface area contributed by atoms with Gasteiger partial charge in [0.1, 0.15) is 36.4 Å². The maximum Gasteiger partial charge on any atom is 0.102 e. The zero-order valence-corrected chi connectivity index (χ0v) is 11.2. The first-order valence-corrected chi connectivity index (χ1v) is 5.89. The molecule has 0 radical (unpaired) electrons. The van der Waals surface area contributed by atoms with E-state index in [2.05, 4.69) is 0 Å². The number of nitrogens with zero attached hydrogens (tertiary/aromatic N) is 6. The normalized spacial score (nSPS) is 11.1. The van der Waals surface area contributed by atoms with Crippen LogP contribution < -0.4 is 10.4 Å². The molecule has 1 aliphatic rings. The molecule has 0 fully saturated rings. The molecule has 0 spiro atoms. The lowest BCUT2D eigenvalue weighted by Gasteiger charge is -2.02. The third kappa shape index (κ3) is 1.70. The molecular formula is C16H2N6O. The number of hydrogen-bond donors (Lipinski definition) is 1. The van der Waals surface area contributed by atoms with Crippen LogP contribution in [0.1, 0.15) is 22.3 Å². The first-order valence-electron chi connectivity index (χ1n) is 5.89. The molecule has 0 unspecified atom stereocenters. The Hall–Kier alpha value is -4.56. The standard InChI is InChI=1S/C16H2N6O/c17-1-8-9(2-18)11(4-20)16-13(6-22)14(7-23)12(5-21)15(16)10(8)3-19/h7,23H. The Kier molecular flexibility index (Phi) is 3.51. The highest BCUT2D eigenvalue weighted by molar-refractivity contribution is 6.00. The highest BCUT2D eigenvalue weighted by Gasteiger charge is 2.29. The van der Waals surface area contributed by atoms with Gasteiger partial charge in [-0.2, -0.15) is 31.6 Å². The van der Waals surface area contributed by atoms with Crippen molar-refractivity contribution < 1.29 is 5.11 Å². The number of aliphatic hydroxyl groups is 1. The Morgan fingerprint density at radius 3 is 1.13 bits per heavy atom. The van der Waals surface area contributed by atoms with Crippen LogP contribution in [-0.4, -0.2) is 5.11 Å². The van der Waals surface area contributed by atoms with Gasteiger partial charge in [0.05, 0.1) is 39.7 Å². The second-order valence-electron chi connectivity index (χ2n) is 4.21. The summed E-state index contributed by atoms with van der Waals surface area (Å²) in [5, 5.41) is 64.9. The Morgan fingerprint density at radius 2 is 0.913 bits per heavy atom. The molecule has 0 saturated carbocycles. The van der Waals surface area contributed by atoms with Gasteiger partial charge < -0.3 is 5.11 Å². The number of allylic oxidation sites excluding steroid dienone is 1. The van der Waals surface area contributed by atoms with Crippen molar-refractivity contribution in [3.05, 3.63) is 44.5 Å². The second-order valence-corrected chi connectivity index (χ2v) is 4.21. The third-order valence-corrected chi connectivity index (χ3v) is 3.34. The lowest BCUT2D eigenvalue weighted by atomic mass is 9.93. The first-order chi connectivity index (χ1) is 11.1. The summed E-state index contributed by atoms with van der Waals surface area (Å²) < 4.78 is 0. The fourth-order valence-corrected chi connectivity index (χ4v) is 2.45. The van der Waals surface area contributed by atoms with Gasteiger partial charge in [-0.1, -0.05) is 0 Å². The summed E-state index contributed by atoms with van der Waals surface area (Å²) in [6.07, 6.45) is 0.525. The monoisotopic (exact) mass is 294 g/mol. The van der Waals surface area contributed by atoms with Crippen LogP contribution in [-0.2, 0) is 0 Å². The van der Waals surface area contributed by atoms with Crippen LogP contribution in [0.15, 0.2) is 11.8 Å². The molecule has 1 aromatic rings. The number of fused-ring (bicyclic) bond motifs is 1. The van der Waals surface area contributed by atoms with Gasteiger partial charge in [0.25, 0.3) is 0 Å². The number of rotatable bonds is 0. The number of hydrogen-bond acceptors (Lipinski definition) is 7. The van der Waals surface area contributed by atoms with Crippen molar-refractivity contribution in [2.24, 2.45) is 0 Å². The zero-order valence-electron chi connectivity index (χ0n) is 11.2. The molecule has 0 aromatic heterocycles. The van der Waals surface area contributed by atoms with Gasteiger partial charge in [-0.05, 0) is 0 Å². The molecule has 0 bridgehead atoms. The molecule has 0 saturated heterocycles. The molecule has 7 nitrogen and oxygen atoms in total. The number of benzene rings is 1. The van der Waals surface area contributed by atoms with Crippen LogP contribution in [0.5, 0.6) is 0 Å². The van der Waals surface area contributed by atoms with E-state index in [4.69, 9.17) is 0 Å². The van der Waals surface area contributed by atoms with Gasteiger partial charge >= 0.3 is 0 Å². The van der Waals surface area contributed by atoms with Crippen LogP contribution in [0.25, 0.3) is 11.1 Å². The first kappa shape index (κ1) is 14.8. The quantitative estimate of drug-likeness (QED) is 0.656. The van der Waals surface area contributed by atoms with Crippen LogP contribution in [0.4, 0.5) is 0 Å². The summed E-state index contributed by atoms with van der Waals surface area (Å²) >= 11 is 0. The molecule has 1 N–H and O–H groups in total. The molecule has 0 atom stereocenters. The smallest absolute Gasteiger partial charge is 0.102 e. The molecule has 0 aliphatic heterocycles. The Morgan fingerprint density at radius 1 is 0.565 bits per heavy atom. The van der Waals surface area contributed by atoms with Gasteiger partial charge in [0.15, 0.2) is 0 Å². The van der Waals surface area contributed by atoms with Crippen molar-refractivity contribution in [1.82, 2.24) is 0 Å². The SMILES string of the molecule is N#CC1=c2c(C#N)c(C#N)c(C#N)c(C#N)c2=C(C#N)C1=CO. The molecule has 23 heavy (non-hydrogen) atoms. The van der Waals surface area contributed by atoms with E-state index in [9.17, 15) is 36.7 Å². The lowest BCUT2D eigenvalue weighted by Crippen LogP contribution is -2.33. The van der Waals surface area contributed by atoms with Gasteiger partial charge in [0.2, 0.25) is 0 Å². The van der Waals surface area contributed by atoms with Gasteiger partial charge in [0, 0.05) is 16.0 Å². The van der Waals surface area contributed by atoms with Gasteiger partial charge in [-0.3, -0.25) is 0 Å².